The Morgan fingerprint density at radius 1 is 1.06 bits per heavy atom. The van der Waals surface area contributed by atoms with Crippen LogP contribution in [0.3, 0.4) is 0 Å². The van der Waals surface area contributed by atoms with Crippen LogP contribution < -0.4 is 10.6 Å². The normalized spacial score (nSPS) is 9.83. The van der Waals surface area contributed by atoms with Crippen LogP contribution in [0.5, 0.6) is 5.75 Å². The van der Waals surface area contributed by atoms with E-state index in [4.69, 9.17) is 0 Å². The molecule has 0 aliphatic rings. The van der Waals surface area contributed by atoms with Crippen LogP contribution in [-0.4, -0.2) is 11.1 Å². The van der Waals surface area contributed by atoms with E-state index in [2.05, 4.69) is 10.6 Å². The Bertz CT molecular complexity index is 553. The van der Waals surface area contributed by atoms with Crippen LogP contribution in [0.25, 0.3) is 0 Å². The lowest BCUT2D eigenvalue weighted by Crippen LogP contribution is -2.19. The molecule has 0 aliphatic heterocycles. The number of amides is 2. The highest BCUT2D eigenvalue weighted by atomic mass is 16.3. The van der Waals surface area contributed by atoms with E-state index >= 15 is 0 Å². The van der Waals surface area contributed by atoms with Gasteiger partial charge in [0.1, 0.15) is 5.75 Å². The number of carbonyl (C=O) groups is 1. The third-order valence-corrected chi connectivity index (χ3v) is 2.49. The van der Waals surface area contributed by atoms with Gasteiger partial charge in [-0.3, -0.25) is 0 Å². The monoisotopic (exact) mass is 242 g/mol. The summed E-state index contributed by atoms with van der Waals surface area (Å²) < 4.78 is 0. The Balaban J connectivity index is 2.03. The number of urea groups is 1. The molecule has 18 heavy (non-hydrogen) atoms. The van der Waals surface area contributed by atoms with Gasteiger partial charge in [0.2, 0.25) is 0 Å². The van der Waals surface area contributed by atoms with E-state index in [1.54, 1.807) is 12.1 Å². The van der Waals surface area contributed by atoms with Gasteiger partial charge in [0.15, 0.2) is 0 Å². The smallest absolute Gasteiger partial charge is 0.323 e. The summed E-state index contributed by atoms with van der Waals surface area (Å²) in [5.74, 6) is 0.182. The maximum absolute atomic E-state index is 11.7. The molecule has 0 saturated carbocycles. The van der Waals surface area contributed by atoms with Gasteiger partial charge in [0, 0.05) is 11.4 Å². The van der Waals surface area contributed by atoms with E-state index in [0.29, 0.717) is 5.69 Å². The van der Waals surface area contributed by atoms with Crippen molar-refractivity contribution in [2.75, 3.05) is 10.6 Å². The minimum absolute atomic E-state index is 0.182. The van der Waals surface area contributed by atoms with Crippen molar-refractivity contribution in [3.63, 3.8) is 0 Å². The zero-order chi connectivity index (χ0) is 13.0. The number of phenolic OH excluding ortho intramolecular Hbond substituents is 1. The van der Waals surface area contributed by atoms with E-state index in [0.717, 1.165) is 11.3 Å². The molecular formula is C14H14N2O2. The second-order valence-electron chi connectivity index (χ2n) is 3.94. The van der Waals surface area contributed by atoms with Crippen molar-refractivity contribution in [3.05, 3.63) is 54.1 Å². The summed E-state index contributed by atoms with van der Waals surface area (Å²) in [5.41, 5.74) is 2.20. The van der Waals surface area contributed by atoms with Gasteiger partial charge in [-0.2, -0.15) is 0 Å². The van der Waals surface area contributed by atoms with Crippen molar-refractivity contribution in [2.45, 2.75) is 6.92 Å². The van der Waals surface area contributed by atoms with E-state index in [1.165, 1.54) is 6.07 Å². The minimum Gasteiger partial charge on any atom is -0.508 e. The average Bonchev–Trinajstić information content (AvgIpc) is 2.34. The van der Waals surface area contributed by atoms with E-state index in [1.807, 2.05) is 37.3 Å². The molecule has 0 aromatic heterocycles. The first-order valence-electron chi connectivity index (χ1n) is 5.58. The van der Waals surface area contributed by atoms with E-state index in [-0.39, 0.29) is 11.8 Å². The molecule has 4 heteroatoms. The molecule has 0 unspecified atom stereocenters. The Kier molecular flexibility index (Phi) is 3.48. The number of aromatic hydroxyl groups is 1. The van der Waals surface area contributed by atoms with Crippen molar-refractivity contribution in [2.24, 2.45) is 0 Å². The summed E-state index contributed by atoms with van der Waals surface area (Å²) in [7, 11) is 0. The molecule has 0 heterocycles. The molecule has 3 N–H and O–H groups in total. The number of anilines is 2. The number of hydrogen-bond acceptors (Lipinski definition) is 2. The topological polar surface area (TPSA) is 61.4 Å². The van der Waals surface area contributed by atoms with Crippen LogP contribution in [0.15, 0.2) is 48.5 Å². The molecule has 2 aromatic carbocycles. The highest BCUT2D eigenvalue weighted by molar-refractivity contribution is 6.00. The predicted octanol–water partition coefficient (Wildman–Crippen LogP) is 3.34. The molecule has 0 aliphatic carbocycles. The van der Waals surface area contributed by atoms with Gasteiger partial charge in [0.05, 0.1) is 0 Å². The summed E-state index contributed by atoms with van der Waals surface area (Å²) >= 11 is 0. The zero-order valence-electron chi connectivity index (χ0n) is 9.97. The molecule has 2 amide bonds. The Hall–Kier alpha value is -2.49. The third kappa shape index (κ3) is 3.01. The van der Waals surface area contributed by atoms with E-state index < -0.39 is 0 Å². The van der Waals surface area contributed by atoms with Crippen molar-refractivity contribution in [3.8, 4) is 5.75 Å². The number of aryl methyl sites for hydroxylation is 1. The third-order valence-electron chi connectivity index (χ3n) is 2.49. The number of benzene rings is 2. The zero-order valence-corrected chi connectivity index (χ0v) is 9.97. The summed E-state index contributed by atoms with van der Waals surface area (Å²) in [5, 5.41) is 14.7. The van der Waals surface area contributed by atoms with E-state index in [9.17, 15) is 9.90 Å². The summed E-state index contributed by atoms with van der Waals surface area (Å²) in [6.45, 7) is 1.82. The standard InChI is InChI=1S/C14H14N2O2/c1-10-9-12(17)7-8-13(10)16-14(18)15-11-5-3-2-4-6-11/h2-9,17H,1H3,(H2,15,16,18). The maximum atomic E-state index is 11.7. The summed E-state index contributed by atoms with van der Waals surface area (Å²) in [4.78, 5) is 11.7. The summed E-state index contributed by atoms with van der Waals surface area (Å²) in [6.07, 6.45) is 0. The van der Waals surface area contributed by atoms with Crippen LogP contribution in [0.1, 0.15) is 5.56 Å². The van der Waals surface area contributed by atoms with Gasteiger partial charge in [-0.25, -0.2) is 4.79 Å². The van der Waals surface area contributed by atoms with Crippen molar-refractivity contribution < 1.29 is 9.90 Å². The van der Waals surface area contributed by atoms with Crippen LogP contribution >= 0.6 is 0 Å². The predicted molar refractivity (Wildman–Crippen MR) is 71.9 cm³/mol. The molecule has 0 spiro atoms. The lowest BCUT2D eigenvalue weighted by Gasteiger charge is -2.10. The number of rotatable bonds is 2. The van der Waals surface area contributed by atoms with Crippen LogP contribution in [0.4, 0.5) is 16.2 Å². The molecule has 0 bridgehead atoms. The van der Waals surface area contributed by atoms with Gasteiger partial charge in [0.25, 0.3) is 0 Å². The minimum atomic E-state index is -0.310. The molecule has 0 radical (unpaired) electrons. The Labute approximate surface area is 105 Å². The fourth-order valence-corrected chi connectivity index (χ4v) is 1.59. The first-order valence-corrected chi connectivity index (χ1v) is 5.58. The molecule has 4 nitrogen and oxygen atoms in total. The largest absolute Gasteiger partial charge is 0.508 e. The highest BCUT2D eigenvalue weighted by Gasteiger charge is 2.05. The molecule has 92 valence electrons. The highest BCUT2D eigenvalue weighted by Crippen LogP contribution is 2.20. The molecule has 0 atom stereocenters. The second kappa shape index (κ2) is 5.23. The first-order chi connectivity index (χ1) is 8.65. The van der Waals surface area contributed by atoms with Gasteiger partial charge in [-0.1, -0.05) is 18.2 Å². The Morgan fingerprint density at radius 3 is 2.44 bits per heavy atom. The average molecular weight is 242 g/mol. The van der Waals surface area contributed by atoms with Crippen LogP contribution in [0, 0.1) is 6.92 Å². The lowest BCUT2D eigenvalue weighted by molar-refractivity contribution is 0.262. The second-order valence-corrected chi connectivity index (χ2v) is 3.94. The number of carbonyl (C=O) groups excluding carboxylic acids is 1. The van der Waals surface area contributed by atoms with Gasteiger partial charge in [-0.05, 0) is 42.8 Å². The fourth-order valence-electron chi connectivity index (χ4n) is 1.59. The first kappa shape index (κ1) is 12.0. The summed E-state index contributed by atoms with van der Waals surface area (Å²) in [6, 6.07) is 13.7. The molecule has 0 fully saturated rings. The van der Waals surface area contributed by atoms with Crippen molar-refractivity contribution in [1.29, 1.82) is 0 Å². The number of nitrogens with one attached hydrogen (secondary N) is 2. The molecule has 2 rings (SSSR count). The lowest BCUT2D eigenvalue weighted by atomic mass is 10.2. The van der Waals surface area contributed by atoms with Crippen molar-refractivity contribution >= 4 is 17.4 Å². The SMILES string of the molecule is Cc1cc(O)ccc1NC(=O)Nc1ccccc1. The van der Waals surface area contributed by atoms with Crippen molar-refractivity contribution in [1.82, 2.24) is 0 Å². The van der Waals surface area contributed by atoms with Crippen LogP contribution in [0.2, 0.25) is 0 Å². The molecule has 2 aromatic rings. The number of para-hydroxylation sites is 1. The number of phenols is 1. The molecular weight excluding hydrogens is 228 g/mol. The molecule has 0 saturated heterocycles. The van der Waals surface area contributed by atoms with Gasteiger partial charge >= 0.3 is 6.03 Å². The Morgan fingerprint density at radius 2 is 1.78 bits per heavy atom. The fraction of sp³-hybridized carbons (Fsp3) is 0.0714. The van der Waals surface area contributed by atoms with Gasteiger partial charge in [-0.15, -0.1) is 0 Å². The maximum Gasteiger partial charge on any atom is 0.323 e. The van der Waals surface area contributed by atoms with Crippen LogP contribution in [-0.2, 0) is 0 Å². The quantitative estimate of drug-likeness (QED) is 0.707. The van der Waals surface area contributed by atoms with Gasteiger partial charge < -0.3 is 15.7 Å². The number of hydrogen-bond donors (Lipinski definition) is 3.